The molecule has 0 spiro atoms. The minimum absolute atomic E-state index is 0.0920. The van der Waals surface area contributed by atoms with Crippen molar-refractivity contribution in [3.05, 3.63) is 22.3 Å². The molecule has 1 unspecified atom stereocenters. The predicted molar refractivity (Wildman–Crippen MR) is 91.3 cm³/mol. The van der Waals surface area contributed by atoms with Gasteiger partial charge in [-0.1, -0.05) is 0 Å². The fraction of sp³-hybridized carbons (Fsp3) is 0.625. The fourth-order valence-electron chi connectivity index (χ4n) is 2.45. The van der Waals surface area contributed by atoms with E-state index in [0.717, 1.165) is 28.9 Å². The molecule has 1 fully saturated rings. The van der Waals surface area contributed by atoms with Crippen molar-refractivity contribution in [1.29, 1.82) is 0 Å². The highest BCUT2D eigenvalue weighted by molar-refractivity contribution is 9.10. The summed E-state index contributed by atoms with van der Waals surface area (Å²) < 4.78 is 6.48. The molecule has 0 saturated carbocycles. The number of anilines is 1. The summed E-state index contributed by atoms with van der Waals surface area (Å²) in [7, 11) is 0. The minimum atomic E-state index is -0.460. The minimum Gasteiger partial charge on any atom is -0.444 e. The molecule has 0 radical (unpaired) electrons. The molecule has 1 aromatic heterocycles. The molecule has 2 rings (SSSR count). The first-order valence-corrected chi connectivity index (χ1v) is 8.33. The molecule has 0 bridgehead atoms. The number of hydrogen-bond acceptors (Lipinski definition) is 4. The van der Waals surface area contributed by atoms with E-state index in [-0.39, 0.29) is 12.1 Å². The van der Waals surface area contributed by atoms with Crippen LogP contribution < -0.4 is 4.90 Å². The summed E-state index contributed by atoms with van der Waals surface area (Å²) >= 11 is 3.47. The molecule has 0 aromatic carbocycles. The van der Waals surface area contributed by atoms with Gasteiger partial charge in [-0.2, -0.15) is 0 Å². The van der Waals surface area contributed by atoms with Crippen LogP contribution in [0.2, 0.25) is 0 Å². The molecule has 1 atom stereocenters. The highest BCUT2D eigenvalue weighted by atomic mass is 79.9. The third-order valence-electron chi connectivity index (χ3n) is 3.61. The Bertz CT molecular complexity index is 557. The number of amides is 1. The number of carbonyl (C=O) groups is 1. The molecule has 22 heavy (non-hydrogen) atoms. The molecule has 0 aliphatic carbocycles. The normalized spacial score (nSPS) is 19.3. The van der Waals surface area contributed by atoms with Crippen molar-refractivity contribution in [3.63, 3.8) is 0 Å². The summed E-state index contributed by atoms with van der Waals surface area (Å²) in [6, 6.07) is 2.16. The van der Waals surface area contributed by atoms with Gasteiger partial charge in [0.2, 0.25) is 0 Å². The van der Waals surface area contributed by atoms with Gasteiger partial charge in [0.25, 0.3) is 0 Å². The van der Waals surface area contributed by atoms with Crippen LogP contribution in [0.4, 0.5) is 10.6 Å². The van der Waals surface area contributed by atoms with Crippen LogP contribution in [0.3, 0.4) is 0 Å². The number of hydrogen-bond donors (Lipinski definition) is 0. The topological polar surface area (TPSA) is 45.7 Å². The first-order chi connectivity index (χ1) is 10.2. The zero-order chi connectivity index (χ0) is 16.5. The second kappa shape index (κ2) is 6.44. The van der Waals surface area contributed by atoms with E-state index < -0.39 is 5.60 Å². The Labute approximate surface area is 140 Å². The van der Waals surface area contributed by atoms with Crippen molar-refractivity contribution in [3.8, 4) is 0 Å². The van der Waals surface area contributed by atoms with Crippen molar-refractivity contribution >= 4 is 27.8 Å². The lowest BCUT2D eigenvalue weighted by Crippen LogP contribution is -2.55. The maximum Gasteiger partial charge on any atom is 0.410 e. The quantitative estimate of drug-likeness (QED) is 0.758. The van der Waals surface area contributed by atoms with Gasteiger partial charge < -0.3 is 14.5 Å². The first-order valence-electron chi connectivity index (χ1n) is 7.54. The summed E-state index contributed by atoms with van der Waals surface area (Å²) in [5.74, 6) is 0.955. The average Bonchev–Trinajstić information content (AvgIpc) is 2.39. The van der Waals surface area contributed by atoms with E-state index in [1.807, 2.05) is 33.9 Å². The largest absolute Gasteiger partial charge is 0.444 e. The maximum absolute atomic E-state index is 12.2. The Morgan fingerprint density at radius 3 is 2.64 bits per heavy atom. The van der Waals surface area contributed by atoms with Crippen LogP contribution in [0.25, 0.3) is 0 Å². The van der Waals surface area contributed by atoms with E-state index in [0.29, 0.717) is 6.54 Å². The summed E-state index contributed by atoms with van der Waals surface area (Å²) in [6.45, 7) is 11.9. The van der Waals surface area contributed by atoms with Gasteiger partial charge >= 0.3 is 6.09 Å². The molecule has 1 aromatic rings. The Balaban J connectivity index is 2.03. The Morgan fingerprint density at radius 1 is 1.41 bits per heavy atom. The average molecular weight is 370 g/mol. The van der Waals surface area contributed by atoms with Crippen molar-refractivity contribution in [2.24, 2.45) is 0 Å². The van der Waals surface area contributed by atoms with Gasteiger partial charge in [0.1, 0.15) is 11.4 Å². The van der Waals surface area contributed by atoms with Gasteiger partial charge in [-0.15, -0.1) is 0 Å². The molecule has 5 nitrogen and oxygen atoms in total. The lowest BCUT2D eigenvalue weighted by Gasteiger charge is -2.40. The summed E-state index contributed by atoms with van der Waals surface area (Å²) in [4.78, 5) is 20.7. The molecule has 1 saturated heterocycles. The highest BCUT2D eigenvalue weighted by Gasteiger charge is 2.31. The van der Waals surface area contributed by atoms with E-state index in [9.17, 15) is 4.79 Å². The van der Waals surface area contributed by atoms with Gasteiger partial charge in [0, 0.05) is 36.3 Å². The lowest BCUT2D eigenvalue weighted by molar-refractivity contribution is 0.0158. The third kappa shape index (κ3) is 4.12. The monoisotopic (exact) mass is 369 g/mol. The third-order valence-corrected chi connectivity index (χ3v) is 4.44. The molecule has 2 heterocycles. The van der Waals surface area contributed by atoms with Gasteiger partial charge in [0.05, 0.1) is 0 Å². The lowest BCUT2D eigenvalue weighted by atomic mass is 10.2. The van der Waals surface area contributed by atoms with Gasteiger partial charge in [-0.25, -0.2) is 9.78 Å². The molecule has 1 amide bonds. The number of rotatable bonds is 1. The second-order valence-corrected chi connectivity index (χ2v) is 7.61. The molecule has 122 valence electrons. The van der Waals surface area contributed by atoms with Crippen LogP contribution in [0.1, 0.15) is 33.3 Å². The van der Waals surface area contributed by atoms with Crippen molar-refractivity contribution < 1.29 is 9.53 Å². The van der Waals surface area contributed by atoms with E-state index >= 15 is 0 Å². The van der Waals surface area contributed by atoms with Crippen LogP contribution in [0.15, 0.2) is 16.7 Å². The number of pyridine rings is 1. The van der Waals surface area contributed by atoms with Crippen LogP contribution >= 0.6 is 15.9 Å². The summed E-state index contributed by atoms with van der Waals surface area (Å²) in [6.07, 6.45) is 1.59. The van der Waals surface area contributed by atoms with Gasteiger partial charge in [0.15, 0.2) is 0 Å². The SMILES string of the molecule is Cc1cc(N2CCN(C(=O)OC(C)(C)C)C(C)C2)ncc1Br. The number of aromatic nitrogens is 1. The highest BCUT2D eigenvalue weighted by Crippen LogP contribution is 2.23. The number of aryl methyl sites for hydroxylation is 1. The Morgan fingerprint density at radius 2 is 2.09 bits per heavy atom. The second-order valence-electron chi connectivity index (χ2n) is 6.76. The van der Waals surface area contributed by atoms with Crippen LogP contribution in [-0.2, 0) is 4.74 Å². The van der Waals surface area contributed by atoms with Gasteiger partial charge in [-0.3, -0.25) is 0 Å². The Hall–Kier alpha value is -1.30. The number of ether oxygens (including phenoxy) is 1. The van der Waals surface area contributed by atoms with Crippen LogP contribution in [0.5, 0.6) is 0 Å². The molecular weight excluding hydrogens is 346 g/mol. The maximum atomic E-state index is 12.2. The van der Waals surface area contributed by atoms with Crippen LogP contribution in [-0.4, -0.2) is 47.3 Å². The summed E-state index contributed by atoms with van der Waals surface area (Å²) in [5, 5.41) is 0. The van der Waals surface area contributed by atoms with Crippen molar-refractivity contribution in [2.45, 2.75) is 46.3 Å². The number of nitrogens with zero attached hydrogens (tertiary/aromatic N) is 3. The molecule has 0 N–H and O–H groups in total. The number of halogens is 1. The fourth-order valence-corrected chi connectivity index (χ4v) is 2.67. The molecule has 6 heteroatoms. The Kier molecular flexibility index (Phi) is 5.00. The summed E-state index contributed by atoms with van der Waals surface area (Å²) in [5.41, 5.74) is 0.699. The zero-order valence-electron chi connectivity index (χ0n) is 13.9. The van der Waals surface area contributed by atoms with Gasteiger partial charge in [-0.05, 0) is 62.2 Å². The van der Waals surface area contributed by atoms with Crippen molar-refractivity contribution in [2.75, 3.05) is 24.5 Å². The molecule has 1 aliphatic rings. The van der Waals surface area contributed by atoms with E-state index in [4.69, 9.17) is 4.74 Å². The zero-order valence-corrected chi connectivity index (χ0v) is 15.5. The van der Waals surface area contributed by atoms with E-state index in [2.05, 4.69) is 38.8 Å². The predicted octanol–water partition coefficient (Wildman–Crippen LogP) is 3.60. The smallest absolute Gasteiger partial charge is 0.410 e. The van der Waals surface area contributed by atoms with E-state index in [1.165, 1.54) is 0 Å². The van der Waals surface area contributed by atoms with Crippen molar-refractivity contribution in [1.82, 2.24) is 9.88 Å². The van der Waals surface area contributed by atoms with Crippen LogP contribution in [0, 0.1) is 6.92 Å². The standard InChI is InChI=1S/C16H24BrN3O2/c1-11-8-14(18-9-13(11)17)19-6-7-20(12(2)10-19)15(21)22-16(3,4)5/h8-9,12H,6-7,10H2,1-5H3. The molecule has 1 aliphatic heterocycles. The first kappa shape index (κ1) is 17.1. The molecular formula is C16H24BrN3O2. The van der Waals surface area contributed by atoms with E-state index in [1.54, 1.807) is 4.90 Å². The number of piperazine rings is 1. The number of carbonyl (C=O) groups excluding carboxylic acids is 1.